The number of halogens is 1. The lowest BCUT2D eigenvalue weighted by Crippen LogP contribution is -2.30. The number of aryl methyl sites for hydroxylation is 1. The van der Waals surface area contributed by atoms with Crippen molar-refractivity contribution in [2.24, 2.45) is 0 Å². The van der Waals surface area contributed by atoms with Gasteiger partial charge in [-0.25, -0.2) is 9.18 Å². The summed E-state index contributed by atoms with van der Waals surface area (Å²) in [7, 11) is 0. The van der Waals surface area contributed by atoms with Crippen LogP contribution in [0.2, 0.25) is 0 Å². The quantitative estimate of drug-likeness (QED) is 0.686. The van der Waals surface area contributed by atoms with E-state index in [1.807, 2.05) is 30.3 Å². The van der Waals surface area contributed by atoms with Crippen LogP contribution in [0.25, 0.3) is 0 Å². The Morgan fingerprint density at radius 2 is 2.00 bits per heavy atom. The van der Waals surface area contributed by atoms with Gasteiger partial charge in [-0.2, -0.15) is 0 Å². The molecule has 0 aromatic heterocycles. The summed E-state index contributed by atoms with van der Waals surface area (Å²) in [6, 6.07) is 14.2. The molecule has 0 unspecified atom stereocenters. The molecule has 1 amide bonds. The van der Waals surface area contributed by atoms with Gasteiger partial charge in [-0.1, -0.05) is 36.4 Å². The topological polar surface area (TPSA) is 70.6 Å². The van der Waals surface area contributed by atoms with Crippen molar-refractivity contribution in [1.82, 2.24) is 5.32 Å². The highest BCUT2D eigenvalue weighted by Gasteiger charge is 2.07. The molecular weight excluding hydrogens is 323 g/mol. The standard InChI is InChI=1S/C19H23FN2O3/c1-14-7-8-16(11-18(14)20)22-12-17(23)9-10-21-19(24)25-13-15-5-3-2-4-6-15/h2-8,11,17,22-23H,9-10,12-13H2,1H3,(H,21,24)/t17-/m0/s1. The van der Waals surface area contributed by atoms with Gasteiger partial charge in [0.1, 0.15) is 12.4 Å². The number of carbonyl (C=O) groups excluding carboxylic acids is 1. The van der Waals surface area contributed by atoms with E-state index < -0.39 is 12.2 Å². The predicted molar refractivity (Wildman–Crippen MR) is 94.9 cm³/mol. The van der Waals surface area contributed by atoms with Crippen LogP contribution in [-0.4, -0.2) is 30.4 Å². The third kappa shape index (κ3) is 6.81. The summed E-state index contributed by atoms with van der Waals surface area (Å²) < 4.78 is 18.5. The second-order valence-electron chi connectivity index (χ2n) is 5.78. The SMILES string of the molecule is Cc1ccc(NC[C@@H](O)CCNC(=O)OCc2ccccc2)cc1F. The number of aliphatic hydroxyl groups excluding tert-OH is 1. The van der Waals surface area contributed by atoms with Gasteiger partial charge >= 0.3 is 6.09 Å². The molecule has 0 bridgehead atoms. The van der Waals surface area contributed by atoms with Crippen LogP contribution in [0.1, 0.15) is 17.5 Å². The van der Waals surface area contributed by atoms with Crippen molar-refractivity contribution in [3.05, 3.63) is 65.5 Å². The van der Waals surface area contributed by atoms with Crippen molar-refractivity contribution in [3.63, 3.8) is 0 Å². The molecule has 0 aliphatic rings. The molecule has 1 atom stereocenters. The number of hydrogen-bond acceptors (Lipinski definition) is 4. The molecule has 0 saturated heterocycles. The van der Waals surface area contributed by atoms with E-state index in [9.17, 15) is 14.3 Å². The number of alkyl carbamates (subject to hydrolysis) is 1. The molecule has 2 aromatic rings. The average Bonchev–Trinajstić information content (AvgIpc) is 2.62. The van der Waals surface area contributed by atoms with Crippen molar-refractivity contribution in [3.8, 4) is 0 Å². The summed E-state index contributed by atoms with van der Waals surface area (Å²) >= 11 is 0. The van der Waals surface area contributed by atoms with Crippen molar-refractivity contribution >= 4 is 11.8 Å². The molecule has 0 aliphatic heterocycles. The van der Waals surface area contributed by atoms with Gasteiger partial charge in [0.2, 0.25) is 0 Å². The molecule has 0 fully saturated rings. The second-order valence-corrected chi connectivity index (χ2v) is 5.78. The van der Waals surface area contributed by atoms with Gasteiger partial charge in [-0.3, -0.25) is 0 Å². The van der Waals surface area contributed by atoms with E-state index >= 15 is 0 Å². The van der Waals surface area contributed by atoms with Gasteiger partial charge in [0, 0.05) is 18.8 Å². The number of nitrogens with one attached hydrogen (secondary N) is 2. The number of hydrogen-bond donors (Lipinski definition) is 3. The van der Waals surface area contributed by atoms with Crippen LogP contribution < -0.4 is 10.6 Å². The zero-order valence-electron chi connectivity index (χ0n) is 14.2. The van der Waals surface area contributed by atoms with E-state index in [0.717, 1.165) is 5.56 Å². The van der Waals surface area contributed by atoms with Crippen LogP contribution in [0.3, 0.4) is 0 Å². The van der Waals surface area contributed by atoms with Crippen molar-refractivity contribution < 1.29 is 19.0 Å². The zero-order valence-corrected chi connectivity index (χ0v) is 14.2. The fourth-order valence-electron chi connectivity index (χ4n) is 2.16. The molecule has 0 radical (unpaired) electrons. The number of ether oxygens (including phenoxy) is 1. The van der Waals surface area contributed by atoms with Gasteiger partial charge in [0.25, 0.3) is 0 Å². The Morgan fingerprint density at radius 3 is 2.72 bits per heavy atom. The highest BCUT2D eigenvalue weighted by atomic mass is 19.1. The van der Waals surface area contributed by atoms with Crippen LogP contribution in [0.15, 0.2) is 48.5 Å². The maximum Gasteiger partial charge on any atom is 0.407 e. The van der Waals surface area contributed by atoms with E-state index in [1.165, 1.54) is 6.07 Å². The van der Waals surface area contributed by atoms with Crippen LogP contribution in [0, 0.1) is 12.7 Å². The number of amides is 1. The van der Waals surface area contributed by atoms with Crippen molar-refractivity contribution in [1.29, 1.82) is 0 Å². The number of benzene rings is 2. The Labute approximate surface area is 146 Å². The van der Waals surface area contributed by atoms with Crippen molar-refractivity contribution in [2.45, 2.75) is 26.1 Å². The molecule has 3 N–H and O–H groups in total. The second kappa shape index (κ2) is 9.64. The first-order chi connectivity index (χ1) is 12.0. The normalized spacial score (nSPS) is 11.6. The lowest BCUT2D eigenvalue weighted by atomic mass is 10.2. The Bertz CT molecular complexity index is 680. The Balaban J connectivity index is 1.60. The highest BCUT2D eigenvalue weighted by Crippen LogP contribution is 2.13. The fraction of sp³-hybridized carbons (Fsp3) is 0.316. The molecule has 2 aromatic carbocycles. The molecule has 5 nitrogen and oxygen atoms in total. The van der Waals surface area contributed by atoms with E-state index in [-0.39, 0.29) is 19.0 Å². The Hall–Kier alpha value is -2.60. The fourth-order valence-corrected chi connectivity index (χ4v) is 2.16. The first-order valence-corrected chi connectivity index (χ1v) is 8.17. The first kappa shape index (κ1) is 18.7. The van der Waals surface area contributed by atoms with E-state index in [2.05, 4.69) is 10.6 Å². The van der Waals surface area contributed by atoms with E-state index in [4.69, 9.17) is 4.74 Å². The van der Waals surface area contributed by atoms with Gasteiger partial charge in [-0.15, -0.1) is 0 Å². The summed E-state index contributed by atoms with van der Waals surface area (Å²) in [6.45, 7) is 2.45. The monoisotopic (exact) mass is 346 g/mol. The maximum absolute atomic E-state index is 13.4. The molecule has 0 saturated carbocycles. The lowest BCUT2D eigenvalue weighted by molar-refractivity contribution is 0.135. The number of carbonyl (C=O) groups is 1. The zero-order chi connectivity index (χ0) is 18.1. The molecule has 134 valence electrons. The van der Waals surface area contributed by atoms with Gasteiger partial charge in [-0.05, 0) is 36.6 Å². The molecular formula is C19H23FN2O3. The van der Waals surface area contributed by atoms with E-state index in [0.29, 0.717) is 24.2 Å². The molecule has 2 rings (SSSR count). The Morgan fingerprint density at radius 1 is 1.24 bits per heavy atom. The smallest absolute Gasteiger partial charge is 0.407 e. The minimum absolute atomic E-state index is 0.204. The van der Waals surface area contributed by atoms with Gasteiger partial charge in [0.15, 0.2) is 0 Å². The van der Waals surface area contributed by atoms with Crippen LogP contribution >= 0.6 is 0 Å². The molecule has 0 spiro atoms. The molecule has 0 aliphatic carbocycles. The van der Waals surface area contributed by atoms with Gasteiger partial charge < -0.3 is 20.5 Å². The summed E-state index contributed by atoms with van der Waals surface area (Å²) in [4.78, 5) is 11.6. The van der Waals surface area contributed by atoms with Crippen LogP contribution in [0.4, 0.5) is 14.9 Å². The minimum Gasteiger partial charge on any atom is -0.445 e. The van der Waals surface area contributed by atoms with Crippen molar-refractivity contribution in [2.75, 3.05) is 18.4 Å². The third-order valence-corrected chi connectivity index (χ3v) is 3.67. The highest BCUT2D eigenvalue weighted by molar-refractivity contribution is 5.67. The molecule has 25 heavy (non-hydrogen) atoms. The van der Waals surface area contributed by atoms with Crippen LogP contribution in [-0.2, 0) is 11.3 Å². The summed E-state index contributed by atoms with van der Waals surface area (Å²) in [5.41, 5.74) is 2.09. The summed E-state index contributed by atoms with van der Waals surface area (Å²) in [5.74, 6) is -0.290. The van der Waals surface area contributed by atoms with Gasteiger partial charge in [0.05, 0.1) is 6.10 Å². The predicted octanol–water partition coefficient (Wildman–Crippen LogP) is 3.22. The first-order valence-electron chi connectivity index (χ1n) is 8.17. The number of aliphatic hydroxyl groups is 1. The molecule has 6 heteroatoms. The number of anilines is 1. The largest absolute Gasteiger partial charge is 0.445 e. The minimum atomic E-state index is -0.668. The summed E-state index contributed by atoms with van der Waals surface area (Å²) in [5, 5.41) is 15.5. The molecule has 0 heterocycles. The lowest BCUT2D eigenvalue weighted by Gasteiger charge is -2.14. The number of rotatable bonds is 8. The van der Waals surface area contributed by atoms with Crippen LogP contribution in [0.5, 0.6) is 0 Å². The third-order valence-electron chi connectivity index (χ3n) is 3.67. The summed E-state index contributed by atoms with van der Waals surface area (Å²) in [6.07, 6.45) is -0.828. The maximum atomic E-state index is 13.4. The van der Waals surface area contributed by atoms with E-state index in [1.54, 1.807) is 19.1 Å². The average molecular weight is 346 g/mol. The Kier molecular flexibility index (Phi) is 7.22.